The number of benzene rings is 3. The molecule has 0 radical (unpaired) electrons. The number of hydrogen-bond donors (Lipinski definition) is 1. The molecule has 0 aromatic heterocycles. The molecule has 0 aliphatic rings. The van der Waals surface area contributed by atoms with Crippen molar-refractivity contribution in [1.82, 2.24) is 10.2 Å². The summed E-state index contributed by atoms with van der Waals surface area (Å²) in [7, 11) is -4.12. The van der Waals surface area contributed by atoms with Gasteiger partial charge in [-0.25, -0.2) is 8.42 Å². The lowest BCUT2D eigenvalue weighted by Gasteiger charge is -2.34. The van der Waals surface area contributed by atoms with Crippen molar-refractivity contribution in [3.8, 4) is 0 Å². The van der Waals surface area contributed by atoms with Gasteiger partial charge in [0.05, 0.1) is 10.6 Å². The number of carbonyl (C=O) groups is 2. The van der Waals surface area contributed by atoms with Crippen LogP contribution in [0.15, 0.2) is 77.7 Å². The number of aryl methyl sites for hydroxylation is 1. The van der Waals surface area contributed by atoms with Crippen LogP contribution in [-0.2, 0) is 26.2 Å². The van der Waals surface area contributed by atoms with E-state index in [1.54, 1.807) is 60.7 Å². The van der Waals surface area contributed by atoms with Crippen molar-refractivity contribution in [1.29, 1.82) is 0 Å². The summed E-state index contributed by atoms with van der Waals surface area (Å²) in [6.45, 7) is 13.1. The van der Waals surface area contributed by atoms with Gasteiger partial charge < -0.3 is 10.2 Å². The van der Waals surface area contributed by atoms with E-state index in [9.17, 15) is 18.0 Å². The summed E-state index contributed by atoms with van der Waals surface area (Å²) >= 11 is 6.09. The third-order valence-corrected chi connectivity index (χ3v) is 8.93. The van der Waals surface area contributed by atoms with Crippen LogP contribution in [0.4, 0.5) is 5.69 Å². The average molecular weight is 612 g/mol. The molecule has 9 heteroatoms. The lowest BCUT2D eigenvalue weighted by Crippen LogP contribution is -2.55. The summed E-state index contributed by atoms with van der Waals surface area (Å²) in [6.07, 6.45) is 0.342. The largest absolute Gasteiger partial charge is 0.350 e. The molecule has 0 fully saturated rings. The molecule has 0 aliphatic carbocycles. The summed E-state index contributed by atoms with van der Waals surface area (Å²) in [4.78, 5) is 29.2. The highest BCUT2D eigenvalue weighted by molar-refractivity contribution is 7.92. The molecule has 0 aliphatic heterocycles. The van der Waals surface area contributed by atoms with Crippen LogP contribution in [0, 0.1) is 6.92 Å². The van der Waals surface area contributed by atoms with Crippen molar-refractivity contribution < 1.29 is 18.0 Å². The lowest BCUT2D eigenvalue weighted by molar-refractivity contribution is -0.141. The Balaban J connectivity index is 2.08. The van der Waals surface area contributed by atoms with Crippen LogP contribution in [0.1, 0.15) is 70.6 Å². The predicted octanol–water partition coefficient (Wildman–Crippen LogP) is 6.69. The maximum atomic E-state index is 14.2. The third kappa shape index (κ3) is 8.58. The summed E-state index contributed by atoms with van der Waals surface area (Å²) < 4.78 is 29.2. The van der Waals surface area contributed by atoms with E-state index >= 15 is 0 Å². The van der Waals surface area contributed by atoms with E-state index < -0.39 is 34.1 Å². The Kier molecular flexibility index (Phi) is 10.8. The van der Waals surface area contributed by atoms with E-state index in [1.165, 1.54) is 4.90 Å². The molecule has 0 unspecified atom stereocenters. The van der Waals surface area contributed by atoms with Gasteiger partial charge in [-0.15, -0.1) is 0 Å². The first-order valence-corrected chi connectivity index (χ1v) is 16.0. The van der Waals surface area contributed by atoms with Gasteiger partial charge >= 0.3 is 0 Å². The first-order valence-electron chi connectivity index (χ1n) is 14.2. The van der Waals surface area contributed by atoms with Gasteiger partial charge in [0.2, 0.25) is 11.8 Å². The van der Waals surface area contributed by atoms with Crippen molar-refractivity contribution in [2.45, 2.75) is 83.8 Å². The molecule has 3 aromatic rings. The van der Waals surface area contributed by atoms with E-state index in [1.807, 2.05) is 46.8 Å². The molecule has 226 valence electrons. The number of halogens is 1. The van der Waals surface area contributed by atoms with E-state index in [-0.39, 0.29) is 23.3 Å². The zero-order chi connectivity index (χ0) is 31.2. The molecule has 0 heterocycles. The van der Waals surface area contributed by atoms with Crippen molar-refractivity contribution in [3.05, 3.63) is 94.5 Å². The van der Waals surface area contributed by atoms with Gasteiger partial charge in [-0.05, 0) is 87.6 Å². The lowest BCUT2D eigenvalue weighted by atomic mass is 10.0. The molecule has 2 amide bonds. The van der Waals surface area contributed by atoms with E-state index in [0.717, 1.165) is 21.0 Å². The van der Waals surface area contributed by atoms with Gasteiger partial charge in [0.15, 0.2) is 0 Å². The number of nitrogens with one attached hydrogen (secondary N) is 1. The Bertz CT molecular complexity index is 1460. The highest BCUT2D eigenvalue weighted by Gasteiger charge is 2.34. The molecule has 0 bridgehead atoms. The van der Waals surface area contributed by atoms with Crippen molar-refractivity contribution in [3.63, 3.8) is 0 Å². The van der Waals surface area contributed by atoms with E-state index in [2.05, 4.69) is 19.2 Å². The van der Waals surface area contributed by atoms with Crippen LogP contribution in [-0.4, -0.2) is 43.3 Å². The SMILES string of the molecule is CC[C@H](C(=O)NC(C)(C)C)N(Cc1ccc(Cl)cc1)C(=O)CN(c1ccc(C(C)C)cc1)S(=O)(=O)c1ccc(C)cc1. The number of carbonyl (C=O) groups excluding carboxylic acids is 2. The Hall–Kier alpha value is -3.36. The normalized spacial score (nSPS) is 12.6. The number of hydrogen-bond acceptors (Lipinski definition) is 4. The number of rotatable bonds is 11. The summed E-state index contributed by atoms with van der Waals surface area (Å²) in [6, 6.07) is 20.0. The van der Waals surface area contributed by atoms with Crippen LogP contribution in [0.5, 0.6) is 0 Å². The molecular formula is C33H42ClN3O4S. The van der Waals surface area contributed by atoms with Crippen molar-refractivity contribution >= 4 is 39.1 Å². The zero-order valence-corrected chi connectivity index (χ0v) is 27.1. The molecule has 0 saturated carbocycles. The molecular weight excluding hydrogens is 570 g/mol. The number of amides is 2. The minimum absolute atomic E-state index is 0.0793. The number of nitrogens with zero attached hydrogens (tertiary/aromatic N) is 2. The van der Waals surface area contributed by atoms with Crippen molar-refractivity contribution in [2.24, 2.45) is 0 Å². The number of anilines is 1. The molecule has 0 spiro atoms. The fourth-order valence-corrected chi connectivity index (χ4v) is 6.09. The van der Waals surface area contributed by atoms with E-state index in [0.29, 0.717) is 17.1 Å². The fourth-order valence-electron chi connectivity index (χ4n) is 4.55. The monoisotopic (exact) mass is 611 g/mol. The third-order valence-electron chi connectivity index (χ3n) is 6.89. The predicted molar refractivity (Wildman–Crippen MR) is 170 cm³/mol. The van der Waals surface area contributed by atoms with Crippen LogP contribution in [0.25, 0.3) is 0 Å². The number of sulfonamides is 1. The molecule has 3 aromatic carbocycles. The van der Waals surface area contributed by atoms with Gasteiger partial charge in [-0.1, -0.05) is 74.3 Å². The molecule has 1 N–H and O–H groups in total. The maximum absolute atomic E-state index is 14.2. The second kappa shape index (κ2) is 13.7. The van der Waals surface area contributed by atoms with Crippen LogP contribution < -0.4 is 9.62 Å². The molecule has 42 heavy (non-hydrogen) atoms. The molecule has 0 saturated heterocycles. The van der Waals surface area contributed by atoms with Crippen LogP contribution in [0.3, 0.4) is 0 Å². The minimum Gasteiger partial charge on any atom is -0.350 e. The van der Waals surface area contributed by atoms with Crippen LogP contribution in [0.2, 0.25) is 5.02 Å². The standard InChI is InChI=1S/C33H42ClN3O4S/c1-8-30(32(39)35-33(5,6)7)36(21-25-11-15-27(34)16-12-25)31(38)22-37(28-17-13-26(14-18-28)23(2)3)42(40,41)29-19-9-24(4)10-20-29/h9-20,23,30H,8,21-22H2,1-7H3,(H,35,39)/t30-/m1/s1. The quantitative estimate of drug-likeness (QED) is 0.262. The van der Waals surface area contributed by atoms with Crippen molar-refractivity contribution in [2.75, 3.05) is 10.8 Å². The fraction of sp³-hybridized carbons (Fsp3) is 0.394. The van der Waals surface area contributed by atoms with Gasteiger partial charge in [-0.2, -0.15) is 0 Å². The Morgan fingerprint density at radius 2 is 1.48 bits per heavy atom. The average Bonchev–Trinajstić information content (AvgIpc) is 2.91. The Morgan fingerprint density at radius 1 is 0.905 bits per heavy atom. The maximum Gasteiger partial charge on any atom is 0.264 e. The zero-order valence-electron chi connectivity index (χ0n) is 25.5. The summed E-state index contributed by atoms with van der Waals surface area (Å²) in [5.74, 6) is -0.546. The van der Waals surface area contributed by atoms with Gasteiger partial charge in [-0.3, -0.25) is 13.9 Å². The molecule has 7 nitrogen and oxygen atoms in total. The van der Waals surface area contributed by atoms with Gasteiger partial charge in [0.1, 0.15) is 12.6 Å². The summed E-state index contributed by atoms with van der Waals surface area (Å²) in [5, 5.41) is 3.53. The first kappa shape index (κ1) is 33.1. The minimum atomic E-state index is -4.12. The highest BCUT2D eigenvalue weighted by atomic mass is 35.5. The molecule has 3 rings (SSSR count). The Morgan fingerprint density at radius 3 is 1.98 bits per heavy atom. The first-order chi connectivity index (χ1) is 19.6. The highest BCUT2D eigenvalue weighted by Crippen LogP contribution is 2.27. The topological polar surface area (TPSA) is 86.8 Å². The van der Waals surface area contributed by atoms with E-state index in [4.69, 9.17) is 11.6 Å². The van der Waals surface area contributed by atoms with Crippen LogP contribution >= 0.6 is 11.6 Å². The Labute approximate surface area is 255 Å². The summed E-state index contributed by atoms with van der Waals surface area (Å²) in [5.41, 5.74) is 2.59. The smallest absolute Gasteiger partial charge is 0.264 e. The van der Waals surface area contributed by atoms with Gasteiger partial charge in [0, 0.05) is 17.1 Å². The second-order valence-electron chi connectivity index (χ2n) is 11.9. The van der Waals surface area contributed by atoms with Gasteiger partial charge in [0.25, 0.3) is 10.0 Å². The second-order valence-corrected chi connectivity index (χ2v) is 14.2. The molecule has 1 atom stereocenters.